The summed E-state index contributed by atoms with van der Waals surface area (Å²) in [4.78, 5) is 39.3. The van der Waals surface area contributed by atoms with Gasteiger partial charge < -0.3 is 15.5 Å². The van der Waals surface area contributed by atoms with Crippen molar-refractivity contribution in [1.29, 1.82) is 0 Å². The lowest BCUT2D eigenvalue weighted by Crippen LogP contribution is -2.28. The third-order valence-corrected chi connectivity index (χ3v) is 5.27. The molecule has 0 bridgehead atoms. The van der Waals surface area contributed by atoms with Gasteiger partial charge >= 0.3 is 0 Å². The molecule has 1 aliphatic rings. The minimum Gasteiger partial charge on any atom is -0.326 e. The Morgan fingerprint density at radius 3 is 2.39 bits per heavy atom. The van der Waals surface area contributed by atoms with Crippen molar-refractivity contribution in [1.82, 2.24) is 0 Å². The smallest absolute Gasteiger partial charge is 0.255 e. The monoisotopic (exact) mass is 433 g/mol. The predicted octanol–water partition coefficient (Wildman–Crippen LogP) is 4.58. The summed E-state index contributed by atoms with van der Waals surface area (Å²) >= 11 is 5.96. The van der Waals surface area contributed by atoms with E-state index in [2.05, 4.69) is 10.6 Å². The Balaban J connectivity index is 1.45. The van der Waals surface area contributed by atoms with E-state index in [0.29, 0.717) is 27.6 Å². The molecular formula is C24H20ClN3O3. The first kappa shape index (κ1) is 20.6. The van der Waals surface area contributed by atoms with Crippen LogP contribution >= 0.6 is 11.6 Å². The van der Waals surface area contributed by atoms with E-state index in [-0.39, 0.29) is 30.7 Å². The quantitative estimate of drug-likeness (QED) is 0.618. The molecule has 6 nitrogen and oxygen atoms in total. The van der Waals surface area contributed by atoms with Gasteiger partial charge in [0, 0.05) is 40.6 Å². The Kier molecular flexibility index (Phi) is 6.00. The maximum absolute atomic E-state index is 12.6. The Hall–Kier alpha value is -3.64. The van der Waals surface area contributed by atoms with Crippen molar-refractivity contribution in [3.63, 3.8) is 0 Å². The predicted molar refractivity (Wildman–Crippen MR) is 121 cm³/mol. The van der Waals surface area contributed by atoms with Gasteiger partial charge in [0.05, 0.1) is 5.92 Å². The number of nitrogens with zero attached hydrogens (tertiary/aromatic N) is 1. The fourth-order valence-corrected chi connectivity index (χ4v) is 3.67. The van der Waals surface area contributed by atoms with Gasteiger partial charge in [-0.2, -0.15) is 0 Å². The molecule has 0 unspecified atom stereocenters. The van der Waals surface area contributed by atoms with E-state index in [0.717, 1.165) is 0 Å². The fraction of sp³-hybridized carbons (Fsp3) is 0.125. The molecule has 3 aromatic carbocycles. The summed E-state index contributed by atoms with van der Waals surface area (Å²) in [6, 6.07) is 22.8. The van der Waals surface area contributed by atoms with E-state index in [1.54, 1.807) is 65.6 Å². The molecule has 31 heavy (non-hydrogen) atoms. The number of anilines is 3. The van der Waals surface area contributed by atoms with Crippen molar-refractivity contribution in [2.24, 2.45) is 5.92 Å². The van der Waals surface area contributed by atoms with Gasteiger partial charge in [0.2, 0.25) is 11.8 Å². The van der Waals surface area contributed by atoms with Crippen LogP contribution in [0.2, 0.25) is 5.02 Å². The van der Waals surface area contributed by atoms with Gasteiger partial charge in [-0.15, -0.1) is 0 Å². The number of para-hydroxylation sites is 1. The standard InChI is InChI=1S/C24H20ClN3O3/c25-18-7-5-10-20(14-18)27-24(31)17-13-22(29)28(15-17)21-11-4-6-16(12-21)23(30)26-19-8-2-1-3-9-19/h1-12,14,17H,13,15H2,(H,26,30)(H,27,31)/t17-/m1/s1. The minimum absolute atomic E-state index is 0.104. The van der Waals surface area contributed by atoms with E-state index in [1.165, 1.54) is 0 Å². The molecule has 4 rings (SSSR count). The van der Waals surface area contributed by atoms with Crippen molar-refractivity contribution < 1.29 is 14.4 Å². The molecule has 3 aromatic rings. The number of halogens is 1. The van der Waals surface area contributed by atoms with Gasteiger partial charge in [-0.05, 0) is 48.5 Å². The van der Waals surface area contributed by atoms with Crippen molar-refractivity contribution in [2.75, 3.05) is 22.1 Å². The first-order chi connectivity index (χ1) is 15.0. The lowest BCUT2D eigenvalue weighted by molar-refractivity contribution is -0.122. The number of carbonyl (C=O) groups excluding carboxylic acids is 3. The van der Waals surface area contributed by atoms with Crippen LogP contribution < -0.4 is 15.5 Å². The molecule has 0 saturated carbocycles. The highest BCUT2D eigenvalue weighted by atomic mass is 35.5. The van der Waals surface area contributed by atoms with Crippen LogP contribution in [0.25, 0.3) is 0 Å². The lowest BCUT2D eigenvalue weighted by atomic mass is 10.1. The summed E-state index contributed by atoms with van der Waals surface area (Å²) in [5.74, 6) is -1.16. The molecule has 0 spiro atoms. The molecule has 0 aliphatic carbocycles. The van der Waals surface area contributed by atoms with Crippen LogP contribution in [0, 0.1) is 5.92 Å². The molecule has 3 amide bonds. The maximum atomic E-state index is 12.6. The molecule has 2 N–H and O–H groups in total. The highest BCUT2D eigenvalue weighted by Gasteiger charge is 2.35. The second-order valence-electron chi connectivity index (χ2n) is 7.28. The molecule has 7 heteroatoms. The van der Waals surface area contributed by atoms with Crippen LogP contribution in [0.3, 0.4) is 0 Å². The number of nitrogens with one attached hydrogen (secondary N) is 2. The summed E-state index contributed by atoms with van der Waals surface area (Å²) in [5.41, 5.74) is 2.29. The van der Waals surface area contributed by atoms with E-state index in [1.807, 2.05) is 18.2 Å². The zero-order valence-corrected chi connectivity index (χ0v) is 17.3. The lowest BCUT2D eigenvalue weighted by Gasteiger charge is -2.18. The molecule has 0 radical (unpaired) electrons. The summed E-state index contributed by atoms with van der Waals surface area (Å²) in [5, 5.41) is 6.16. The third-order valence-electron chi connectivity index (χ3n) is 5.04. The van der Waals surface area contributed by atoms with Gasteiger partial charge in [0.25, 0.3) is 5.91 Å². The third kappa shape index (κ3) is 4.92. The Bertz CT molecular complexity index is 1130. The topological polar surface area (TPSA) is 78.5 Å². The molecule has 1 heterocycles. The largest absolute Gasteiger partial charge is 0.326 e. The van der Waals surface area contributed by atoms with E-state index >= 15 is 0 Å². The van der Waals surface area contributed by atoms with Gasteiger partial charge in [0.1, 0.15) is 0 Å². The summed E-state index contributed by atoms with van der Waals surface area (Å²) in [7, 11) is 0. The average Bonchev–Trinajstić information content (AvgIpc) is 3.16. The fourth-order valence-electron chi connectivity index (χ4n) is 3.48. The first-order valence-corrected chi connectivity index (χ1v) is 10.2. The van der Waals surface area contributed by atoms with Gasteiger partial charge in [-0.3, -0.25) is 14.4 Å². The van der Waals surface area contributed by atoms with Crippen molar-refractivity contribution in [3.8, 4) is 0 Å². The summed E-state index contributed by atoms with van der Waals surface area (Å²) in [6.07, 6.45) is 0.104. The second kappa shape index (κ2) is 9.02. The van der Waals surface area contributed by atoms with Gasteiger partial charge in [0.15, 0.2) is 0 Å². The van der Waals surface area contributed by atoms with Crippen LogP contribution in [0.1, 0.15) is 16.8 Å². The Labute approximate surface area is 184 Å². The Morgan fingerprint density at radius 1 is 0.871 bits per heavy atom. The summed E-state index contributed by atoms with van der Waals surface area (Å²) < 4.78 is 0. The highest BCUT2D eigenvalue weighted by Crippen LogP contribution is 2.27. The zero-order valence-electron chi connectivity index (χ0n) is 16.5. The van der Waals surface area contributed by atoms with Crippen LogP contribution in [0.4, 0.5) is 17.1 Å². The molecule has 1 saturated heterocycles. The van der Waals surface area contributed by atoms with Crippen molar-refractivity contribution in [2.45, 2.75) is 6.42 Å². The molecule has 156 valence electrons. The van der Waals surface area contributed by atoms with Gasteiger partial charge in [-0.25, -0.2) is 0 Å². The molecule has 1 aliphatic heterocycles. The number of amides is 3. The van der Waals surface area contributed by atoms with Crippen LogP contribution in [0.15, 0.2) is 78.9 Å². The van der Waals surface area contributed by atoms with Crippen molar-refractivity contribution in [3.05, 3.63) is 89.4 Å². The van der Waals surface area contributed by atoms with Gasteiger partial charge in [-0.1, -0.05) is 41.9 Å². The number of benzene rings is 3. The summed E-state index contributed by atoms with van der Waals surface area (Å²) in [6.45, 7) is 0.245. The van der Waals surface area contributed by atoms with E-state index < -0.39 is 5.92 Å². The zero-order chi connectivity index (χ0) is 21.8. The molecular weight excluding hydrogens is 414 g/mol. The highest BCUT2D eigenvalue weighted by molar-refractivity contribution is 6.30. The van der Waals surface area contributed by atoms with E-state index in [9.17, 15) is 14.4 Å². The van der Waals surface area contributed by atoms with Crippen LogP contribution in [-0.2, 0) is 9.59 Å². The minimum atomic E-state index is -0.492. The molecule has 1 atom stereocenters. The second-order valence-corrected chi connectivity index (χ2v) is 7.71. The first-order valence-electron chi connectivity index (χ1n) is 9.83. The number of hydrogen-bond donors (Lipinski definition) is 2. The number of rotatable bonds is 5. The van der Waals surface area contributed by atoms with E-state index in [4.69, 9.17) is 11.6 Å². The average molecular weight is 434 g/mol. The maximum Gasteiger partial charge on any atom is 0.255 e. The normalized spacial score (nSPS) is 15.6. The number of carbonyl (C=O) groups is 3. The molecule has 1 fully saturated rings. The number of hydrogen-bond acceptors (Lipinski definition) is 3. The van der Waals surface area contributed by atoms with Crippen LogP contribution in [-0.4, -0.2) is 24.3 Å². The van der Waals surface area contributed by atoms with Crippen molar-refractivity contribution >= 4 is 46.4 Å². The Morgan fingerprint density at radius 2 is 1.61 bits per heavy atom. The molecule has 0 aromatic heterocycles. The SMILES string of the molecule is O=C(Nc1ccccc1)c1cccc(N2C[C@H](C(=O)Nc3cccc(Cl)c3)CC2=O)c1. The van der Waals surface area contributed by atoms with Crippen LogP contribution in [0.5, 0.6) is 0 Å².